The first kappa shape index (κ1) is 12.4. The van der Waals surface area contributed by atoms with Crippen LogP contribution in [0.25, 0.3) is 22.2 Å². The predicted molar refractivity (Wildman–Crippen MR) is 76.1 cm³/mol. The third-order valence-corrected chi connectivity index (χ3v) is 3.35. The van der Waals surface area contributed by atoms with Crippen LogP contribution in [0.2, 0.25) is 0 Å². The van der Waals surface area contributed by atoms with E-state index in [2.05, 4.69) is 16.2 Å². The summed E-state index contributed by atoms with van der Waals surface area (Å²) < 4.78 is 5.34. The van der Waals surface area contributed by atoms with Crippen molar-refractivity contribution in [2.24, 2.45) is 0 Å². The summed E-state index contributed by atoms with van der Waals surface area (Å²) >= 11 is 0. The van der Waals surface area contributed by atoms with Gasteiger partial charge in [0.1, 0.15) is 0 Å². The SMILES string of the molecule is CCc1nc(-c2ccc(C#N)cc2)cc2c(C)noc12. The number of nitriles is 1. The zero-order valence-electron chi connectivity index (χ0n) is 11.3. The lowest BCUT2D eigenvalue weighted by Crippen LogP contribution is -1.92. The maximum atomic E-state index is 8.84. The standard InChI is InChI=1S/C16H13N3O/c1-3-14-16-13(10(2)19-20-16)8-15(18-14)12-6-4-11(9-17)5-7-12/h4-8H,3H2,1-2H3. The summed E-state index contributed by atoms with van der Waals surface area (Å²) in [7, 11) is 0. The van der Waals surface area contributed by atoms with E-state index in [0.717, 1.165) is 40.0 Å². The van der Waals surface area contributed by atoms with Crippen molar-refractivity contribution in [1.29, 1.82) is 5.26 Å². The Labute approximate surface area is 116 Å². The van der Waals surface area contributed by atoms with Crippen molar-refractivity contribution in [1.82, 2.24) is 10.1 Å². The Hall–Kier alpha value is -2.67. The van der Waals surface area contributed by atoms with Crippen LogP contribution in [0.15, 0.2) is 34.9 Å². The molecular formula is C16H13N3O. The summed E-state index contributed by atoms with van der Waals surface area (Å²) in [5, 5.41) is 13.8. The van der Waals surface area contributed by atoms with Gasteiger partial charge in [-0.3, -0.25) is 0 Å². The van der Waals surface area contributed by atoms with Crippen molar-refractivity contribution in [3.63, 3.8) is 0 Å². The Morgan fingerprint density at radius 2 is 2.00 bits per heavy atom. The lowest BCUT2D eigenvalue weighted by atomic mass is 10.1. The Bertz CT molecular complexity index is 810. The molecular weight excluding hydrogens is 250 g/mol. The number of rotatable bonds is 2. The molecule has 0 fully saturated rings. The minimum absolute atomic E-state index is 0.645. The highest BCUT2D eigenvalue weighted by molar-refractivity contribution is 5.85. The quantitative estimate of drug-likeness (QED) is 0.708. The second-order valence-corrected chi connectivity index (χ2v) is 4.64. The molecule has 20 heavy (non-hydrogen) atoms. The van der Waals surface area contributed by atoms with Crippen molar-refractivity contribution < 1.29 is 4.52 Å². The number of fused-ring (bicyclic) bond motifs is 1. The lowest BCUT2D eigenvalue weighted by Gasteiger charge is -2.04. The summed E-state index contributed by atoms with van der Waals surface area (Å²) in [6.45, 7) is 3.97. The summed E-state index contributed by atoms with van der Waals surface area (Å²) in [6.07, 6.45) is 0.787. The fraction of sp³-hybridized carbons (Fsp3) is 0.188. The van der Waals surface area contributed by atoms with Gasteiger partial charge in [-0.1, -0.05) is 24.2 Å². The first-order valence-electron chi connectivity index (χ1n) is 6.49. The van der Waals surface area contributed by atoms with E-state index in [-0.39, 0.29) is 0 Å². The number of hydrogen-bond acceptors (Lipinski definition) is 4. The normalized spacial score (nSPS) is 10.7. The van der Waals surface area contributed by atoms with Gasteiger partial charge in [0, 0.05) is 10.9 Å². The average molecular weight is 263 g/mol. The van der Waals surface area contributed by atoms with Gasteiger partial charge in [0.15, 0.2) is 5.58 Å². The second-order valence-electron chi connectivity index (χ2n) is 4.64. The van der Waals surface area contributed by atoms with Crippen LogP contribution in [0.5, 0.6) is 0 Å². The Balaban J connectivity index is 2.20. The highest BCUT2D eigenvalue weighted by Gasteiger charge is 2.12. The van der Waals surface area contributed by atoms with Crippen molar-refractivity contribution in [3.05, 3.63) is 47.3 Å². The molecule has 0 amide bonds. The van der Waals surface area contributed by atoms with Crippen LogP contribution in [0.3, 0.4) is 0 Å². The lowest BCUT2D eigenvalue weighted by molar-refractivity contribution is 0.447. The van der Waals surface area contributed by atoms with Gasteiger partial charge < -0.3 is 4.52 Å². The minimum Gasteiger partial charge on any atom is -0.354 e. The molecule has 0 saturated carbocycles. The molecule has 4 nitrogen and oxygen atoms in total. The highest BCUT2D eigenvalue weighted by Crippen LogP contribution is 2.27. The molecule has 0 atom stereocenters. The highest BCUT2D eigenvalue weighted by atomic mass is 16.5. The number of aromatic nitrogens is 2. The fourth-order valence-corrected chi connectivity index (χ4v) is 2.22. The van der Waals surface area contributed by atoms with Gasteiger partial charge >= 0.3 is 0 Å². The maximum absolute atomic E-state index is 8.84. The number of hydrogen-bond donors (Lipinski definition) is 0. The van der Waals surface area contributed by atoms with Crippen LogP contribution < -0.4 is 0 Å². The number of aryl methyl sites for hydroxylation is 2. The molecule has 2 aromatic heterocycles. The summed E-state index contributed by atoms with van der Waals surface area (Å²) in [5.41, 5.74) is 5.05. The molecule has 4 heteroatoms. The van der Waals surface area contributed by atoms with Gasteiger partial charge in [-0.05, 0) is 31.5 Å². The molecule has 2 heterocycles. The Morgan fingerprint density at radius 3 is 2.65 bits per heavy atom. The van der Waals surface area contributed by atoms with Gasteiger partial charge in [-0.25, -0.2) is 4.98 Å². The third kappa shape index (κ3) is 1.94. The molecule has 3 aromatic rings. The van der Waals surface area contributed by atoms with E-state index < -0.39 is 0 Å². The van der Waals surface area contributed by atoms with Crippen molar-refractivity contribution in [3.8, 4) is 17.3 Å². The monoisotopic (exact) mass is 263 g/mol. The topological polar surface area (TPSA) is 62.7 Å². The maximum Gasteiger partial charge on any atom is 0.188 e. The van der Waals surface area contributed by atoms with Crippen LogP contribution in [-0.4, -0.2) is 10.1 Å². The van der Waals surface area contributed by atoms with Gasteiger partial charge in [0.2, 0.25) is 0 Å². The van der Waals surface area contributed by atoms with E-state index in [9.17, 15) is 0 Å². The zero-order chi connectivity index (χ0) is 14.1. The molecule has 0 saturated heterocycles. The van der Waals surface area contributed by atoms with Gasteiger partial charge in [0.25, 0.3) is 0 Å². The minimum atomic E-state index is 0.645. The first-order chi connectivity index (χ1) is 9.72. The Kier molecular flexibility index (Phi) is 2.96. The van der Waals surface area contributed by atoms with Crippen LogP contribution in [0.4, 0.5) is 0 Å². The van der Waals surface area contributed by atoms with Gasteiger partial charge in [0.05, 0.1) is 28.7 Å². The smallest absolute Gasteiger partial charge is 0.188 e. The van der Waals surface area contributed by atoms with Crippen LogP contribution >= 0.6 is 0 Å². The molecule has 0 aliphatic carbocycles. The molecule has 0 radical (unpaired) electrons. The summed E-state index contributed by atoms with van der Waals surface area (Å²) in [4.78, 5) is 4.64. The molecule has 3 rings (SSSR count). The zero-order valence-corrected chi connectivity index (χ0v) is 11.3. The molecule has 1 aromatic carbocycles. The number of pyridine rings is 1. The molecule has 0 bridgehead atoms. The van der Waals surface area contributed by atoms with Gasteiger partial charge in [-0.2, -0.15) is 5.26 Å². The van der Waals surface area contributed by atoms with E-state index in [1.165, 1.54) is 0 Å². The van der Waals surface area contributed by atoms with Crippen LogP contribution in [0, 0.1) is 18.3 Å². The molecule has 0 aliphatic rings. The van der Waals surface area contributed by atoms with Crippen LogP contribution in [-0.2, 0) is 6.42 Å². The summed E-state index contributed by atoms with van der Waals surface area (Å²) in [6, 6.07) is 11.5. The predicted octanol–water partition coefficient (Wildman–Crippen LogP) is 3.63. The Morgan fingerprint density at radius 1 is 1.25 bits per heavy atom. The molecule has 98 valence electrons. The third-order valence-electron chi connectivity index (χ3n) is 3.35. The van der Waals surface area contributed by atoms with Crippen molar-refractivity contribution >= 4 is 11.0 Å². The fourth-order valence-electron chi connectivity index (χ4n) is 2.22. The molecule has 0 N–H and O–H groups in total. The largest absolute Gasteiger partial charge is 0.354 e. The molecule has 0 aliphatic heterocycles. The number of nitrogens with zero attached hydrogens (tertiary/aromatic N) is 3. The first-order valence-corrected chi connectivity index (χ1v) is 6.49. The summed E-state index contributed by atoms with van der Waals surface area (Å²) in [5.74, 6) is 0. The second kappa shape index (κ2) is 4.78. The average Bonchev–Trinajstić information content (AvgIpc) is 2.88. The van der Waals surface area contributed by atoms with Crippen LogP contribution in [0.1, 0.15) is 23.9 Å². The van der Waals surface area contributed by atoms with E-state index in [4.69, 9.17) is 9.78 Å². The van der Waals surface area contributed by atoms with E-state index in [1.54, 1.807) is 12.1 Å². The van der Waals surface area contributed by atoms with Crippen molar-refractivity contribution in [2.45, 2.75) is 20.3 Å². The van der Waals surface area contributed by atoms with E-state index in [0.29, 0.717) is 5.56 Å². The van der Waals surface area contributed by atoms with E-state index >= 15 is 0 Å². The molecule has 0 spiro atoms. The molecule has 0 unspecified atom stereocenters. The van der Waals surface area contributed by atoms with E-state index in [1.807, 2.05) is 32.0 Å². The van der Waals surface area contributed by atoms with Gasteiger partial charge in [-0.15, -0.1) is 0 Å². The number of benzene rings is 1. The van der Waals surface area contributed by atoms with Crippen molar-refractivity contribution in [2.75, 3.05) is 0 Å².